The van der Waals surface area contributed by atoms with Crippen molar-refractivity contribution in [1.82, 2.24) is 4.90 Å². The molecule has 0 rings (SSSR count). The number of nitrogens with zero attached hydrogens (tertiary/aromatic N) is 1. The number of hydrogen-bond donors (Lipinski definition) is 3. The van der Waals surface area contributed by atoms with Crippen LogP contribution in [0.3, 0.4) is 0 Å². The summed E-state index contributed by atoms with van der Waals surface area (Å²) in [6.07, 6.45) is 1.28. The number of amidine groups is 1. The summed E-state index contributed by atoms with van der Waals surface area (Å²) in [5.41, 5.74) is 5.43. The SMILES string of the molecule is CCC(C(=N)N)N(C)CCC(C)O. The van der Waals surface area contributed by atoms with Gasteiger partial charge in [0.1, 0.15) is 5.84 Å². The van der Waals surface area contributed by atoms with Crippen LogP contribution in [-0.2, 0) is 0 Å². The van der Waals surface area contributed by atoms with Crippen LogP contribution in [0.4, 0.5) is 0 Å². The van der Waals surface area contributed by atoms with Gasteiger partial charge in [0.15, 0.2) is 0 Å². The highest BCUT2D eigenvalue weighted by atomic mass is 16.3. The Balaban J connectivity index is 3.91. The summed E-state index contributed by atoms with van der Waals surface area (Å²) in [6.45, 7) is 4.54. The van der Waals surface area contributed by atoms with Crippen molar-refractivity contribution in [3.05, 3.63) is 0 Å². The lowest BCUT2D eigenvalue weighted by Gasteiger charge is -2.26. The van der Waals surface area contributed by atoms with Crippen molar-refractivity contribution in [2.45, 2.75) is 38.8 Å². The van der Waals surface area contributed by atoms with E-state index in [2.05, 4.69) is 0 Å². The van der Waals surface area contributed by atoms with Crippen LogP contribution in [0.2, 0.25) is 0 Å². The molecular weight excluding hydrogens is 166 g/mol. The minimum Gasteiger partial charge on any atom is -0.393 e. The normalized spacial score (nSPS) is 15.8. The van der Waals surface area contributed by atoms with E-state index < -0.39 is 0 Å². The van der Waals surface area contributed by atoms with Crippen molar-refractivity contribution in [3.8, 4) is 0 Å². The van der Waals surface area contributed by atoms with Crippen LogP contribution in [-0.4, -0.2) is 41.6 Å². The molecule has 0 saturated carbocycles. The highest BCUT2D eigenvalue weighted by Crippen LogP contribution is 2.03. The second kappa shape index (κ2) is 5.94. The van der Waals surface area contributed by atoms with Crippen molar-refractivity contribution < 1.29 is 5.11 Å². The average Bonchev–Trinajstić information content (AvgIpc) is 2.01. The summed E-state index contributed by atoms with van der Waals surface area (Å²) in [5.74, 6) is 0.204. The highest BCUT2D eigenvalue weighted by Gasteiger charge is 2.15. The Morgan fingerprint density at radius 2 is 2.15 bits per heavy atom. The van der Waals surface area contributed by atoms with Gasteiger partial charge in [0.05, 0.1) is 12.1 Å². The lowest BCUT2D eigenvalue weighted by atomic mass is 10.1. The minimum absolute atomic E-state index is 0.0127. The van der Waals surface area contributed by atoms with E-state index in [1.807, 2.05) is 18.9 Å². The van der Waals surface area contributed by atoms with Crippen molar-refractivity contribution in [1.29, 1.82) is 5.41 Å². The number of likely N-dealkylation sites (N-methyl/N-ethyl adjacent to an activating group) is 1. The highest BCUT2D eigenvalue weighted by molar-refractivity contribution is 5.82. The Kier molecular flexibility index (Phi) is 5.66. The molecule has 2 atom stereocenters. The molecule has 2 unspecified atom stereocenters. The molecule has 0 heterocycles. The van der Waals surface area contributed by atoms with Gasteiger partial charge in [-0.2, -0.15) is 0 Å². The summed E-state index contributed by atoms with van der Waals surface area (Å²) >= 11 is 0. The predicted octanol–water partition coefficient (Wildman–Crippen LogP) is 0.404. The molecule has 0 spiro atoms. The minimum atomic E-state index is -0.285. The molecule has 0 aromatic carbocycles. The zero-order chi connectivity index (χ0) is 10.4. The van der Waals surface area contributed by atoms with Gasteiger partial charge in [0, 0.05) is 6.54 Å². The van der Waals surface area contributed by atoms with E-state index in [1.54, 1.807) is 6.92 Å². The van der Waals surface area contributed by atoms with Gasteiger partial charge in [-0.1, -0.05) is 6.92 Å². The molecular formula is C9H21N3O. The summed E-state index contributed by atoms with van der Waals surface area (Å²) in [5, 5.41) is 16.4. The maximum absolute atomic E-state index is 9.08. The molecule has 4 nitrogen and oxygen atoms in total. The molecule has 0 aliphatic heterocycles. The Hall–Kier alpha value is -0.610. The number of aliphatic hydroxyl groups is 1. The largest absolute Gasteiger partial charge is 0.393 e. The molecule has 13 heavy (non-hydrogen) atoms. The van der Waals surface area contributed by atoms with E-state index in [0.717, 1.165) is 19.4 Å². The molecule has 0 saturated heterocycles. The second-order valence-electron chi connectivity index (χ2n) is 3.50. The van der Waals surface area contributed by atoms with Gasteiger partial charge in [0.2, 0.25) is 0 Å². The zero-order valence-corrected chi connectivity index (χ0v) is 8.75. The quantitative estimate of drug-likeness (QED) is 0.416. The predicted molar refractivity (Wildman–Crippen MR) is 54.9 cm³/mol. The fraction of sp³-hybridized carbons (Fsp3) is 0.889. The van der Waals surface area contributed by atoms with E-state index in [0.29, 0.717) is 0 Å². The average molecular weight is 187 g/mol. The molecule has 0 amide bonds. The number of nitrogens with one attached hydrogen (secondary N) is 1. The van der Waals surface area contributed by atoms with E-state index in [4.69, 9.17) is 16.2 Å². The first kappa shape index (κ1) is 12.4. The number of aliphatic hydroxyl groups excluding tert-OH is 1. The molecule has 78 valence electrons. The topological polar surface area (TPSA) is 73.3 Å². The molecule has 4 N–H and O–H groups in total. The first-order valence-electron chi connectivity index (χ1n) is 4.71. The van der Waals surface area contributed by atoms with Crippen molar-refractivity contribution >= 4 is 5.84 Å². The second-order valence-corrected chi connectivity index (χ2v) is 3.50. The molecule has 0 radical (unpaired) electrons. The van der Waals surface area contributed by atoms with Gasteiger partial charge in [-0.3, -0.25) is 10.3 Å². The van der Waals surface area contributed by atoms with E-state index >= 15 is 0 Å². The van der Waals surface area contributed by atoms with E-state index in [1.165, 1.54) is 0 Å². The van der Waals surface area contributed by atoms with Crippen LogP contribution in [0.25, 0.3) is 0 Å². The molecule has 4 heteroatoms. The van der Waals surface area contributed by atoms with Crippen LogP contribution >= 0.6 is 0 Å². The number of hydrogen-bond acceptors (Lipinski definition) is 3. The van der Waals surface area contributed by atoms with Gasteiger partial charge < -0.3 is 10.8 Å². The van der Waals surface area contributed by atoms with Crippen LogP contribution in [0.15, 0.2) is 0 Å². The lowest BCUT2D eigenvalue weighted by molar-refractivity contribution is 0.158. The molecule has 0 aliphatic carbocycles. The third kappa shape index (κ3) is 4.85. The van der Waals surface area contributed by atoms with E-state index in [9.17, 15) is 0 Å². The van der Waals surface area contributed by atoms with Gasteiger partial charge >= 0.3 is 0 Å². The number of rotatable bonds is 6. The Bertz CT molecular complexity index is 159. The lowest BCUT2D eigenvalue weighted by Crippen LogP contribution is -2.42. The van der Waals surface area contributed by atoms with Crippen LogP contribution < -0.4 is 5.73 Å². The third-order valence-electron chi connectivity index (χ3n) is 2.18. The smallest absolute Gasteiger partial charge is 0.108 e. The Morgan fingerprint density at radius 1 is 1.62 bits per heavy atom. The fourth-order valence-electron chi connectivity index (χ4n) is 1.32. The van der Waals surface area contributed by atoms with Gasteiger partial charge in [-0.05, 0) is 26.8 Å². The van der Waals surface area contributed by atoms with Crippen molar-refractivity contribution in [2.75, 3.05) is 13.6 Å². The molecule has 0 bridgehead atoms. The maximum atomic E-state index is 9.08. The van der Waals surface area contributed by atoms with Crippen LogP contribution in [0.5, 0.6) is 0 Å². The Labute approximate surface area is 80.2 Å². The fourth-order valence-corrected chi connectivity index (χ4v) is 1.32. The monoisotopic (exact) mass is 187 g/mol. The standard InChI is InChI=1S/C9H21N3O/c1-4-8(9(10)11)12(3)6-5-7(2)13/h7-8,13H,4-6H2,1-3H3,(H3,10,11). The summed E-state index contributed by atoms with van der Waals surface area (Å²) in [4.78, 5) is 2.01. The van der Waals surface area contributed by atoms with Crippen molar-refractivity contribution in [3.63, 3.8) is 0 Å². The van der Waals surface area contributed by atoms with Gasteiger partial charge in [-0.15, -0.1) is 0 Å². The first-order valence-corrected chi connectivity index (χ1v) is 4.71. The van der Waals surface area contributed by atoms with Crippen LogP contribution in [0.1, 0.15) is 26.7 Å². The molecule has 0 fully saturated rings. The van der Waals surface area contributed by atoms with E-state index in [-0.39, 0.29) is 18.0 Å². The Morgan fingerprint density at radius 3 is 2.46 bits per heavy atom. The summed E-state index contributed by atoms with van der Waals surface area (Å²) < 4.78 is 0. The number of nitrogens with two attached hydrogens (primary N) is 1. The molecule has 0 aromatic rings. The third-order valence-corrected chi connectivity index (χ3v) is 2.18. The van der Waals surface area contributed by atoms with Crippen LogP contribution in [0, 0.1) is 5.41 Å². The van der Waals surface area contributed by atoms with Gasteiger partial charge in [0.25, 0.3) is 0 Å². The zero-order valence-electron chi connectivity index (χ0n) is 8.75. The molecule has 0 aliphatic rings. The summed E-state index contributed by atoms with van der Waals surface area (Å²) in [6, 6.07) is 0.0127. The summed E-state index contributed by atoms with van der Waals surface area (Å²) in [7, 11) is 1.93. The van der Waals surface area contributed by atoms with Crippen molar-refractivity contribution in [2.24, 2.45) is 5.73 Å². The van der Waals surface area contributed by atoms with Gasteiger partial charge in [-0.25, -0.2) is 0 Å². The first-order chi connectivity index (χ1) is 5.99. The molecule has 0 aromatic heterocycles. The maximum Gasteiger partial charge on any atom is 0.108 e.